The van der Waals surface area contributed by atoms with Gasteiger partial charge in [0, 0.05) is 24.8 Å². The van der Waals surface area contributed by atoms with Gasteiger partial charge in [-0.2, -0.15) is 0 Å². The number of hydrogen-bond donors (Lipinski definition) is 1. The van der Waals surface area contributed by atoms with Gasteiger partial charge >= 0.3 is 11.9 Å². The van der Waals surface area contributed by atoms with E-state index in [1.807, 2.05) is 6.07 Å². The number of fused-ring (bicyclic) bond motifs is 1. The van der Waals surface area contributed by atoms with Crippen LogP contribution in [-0.4, -0.2) is 38.6 Å². The molecular weight excluding hydrogens is 300 g/mol. The van der Waals surface area contributed by atoms with Gasteiger partial charge in [-0.25, -0.2) is 9.59 Å². The van der Waals surface area contributed by atoms with Gasteiger partial charge in [-0.3, -0.25) is 4.79 Å². The Morgan fingerprint density at radius 1 is 1.22 bits per heavy atom. The van der Waals surface area contributed by atoms with Crippen LogP contribution >= 0.6 is 0 Å². The van der Waals surface area contributed by atoms with Crippen LogP contribution in [0.4, 0.5) is 11.4 Å². The molecule has 0 saturated carbocycles. The van der Waals surface area contributed by atoms with Crippen molar-refractivity contribution < 1.29 is 23.9 Å². The van der Waals surface area contributed by atoms with Gasteiger partial charge < -0.3 is 19.7 Å². The Labute approximate surface area is 133 Å². The molecule has 7 heteroatoms. The number of anilines is 2. The van der Waals surface area contributed by atoms with E-state index in [0.29, 0.717) is 12.2 Å². The fraction of sp³-hybridized carbons (Fsp3) is 0.312. The van der Waals surface area contributed by atoms with Crippen molar-refractivity contribution in [1.29, 1.82) is 0 Å². The summed E-state index contributed by atoms with van der Waals surface area (Å²) in [4.78, 5) is 36.4. The van der Waals surface area contributed by atoms with Crippen LogP contribution in [0.2, 0.25) is 0 Å². The highest BCUT2D eigenvalue weighted by atomic mass is 16.5. The molecule has 0 radical (unpaired) electrons. The zero-order valence-electron chi connectivity index (χ0n) is 13.2. The summed E-state index contributed by atoms with van der Waals surface area (Å²) in [6, 6.07) is 5.42. The molecule has 2 rings (SSSR count). The van der Waals surface area contributed by atoms with Crippen LogP contribution in [0.5, 0.6) is 0 Å². The summed E-state index contributed by atoms with van der Waals surface area (Å²) in [7, 11) is 2.43. The van der Waals surface area contributed by atoms with Crippen LogP contribution in [0.3, 0.4) is 0 Å². The standard InChI is InChI=1S/C16H18N2O5/c1-10(19)18-7-6-11-4-5-12(8-14(11)18)17-13(16(21)23-3)9-15(20)22-2/h4-5,8-9,17H,6-7H2,1-3H3/b13-9+. The van der Waals surface area contributed by atoms with Gasteiger partial charge in [-0.05, 0) is 24.1 Å². The second-order valence-corrected chi connectivity index (χ2v) is 4.96. The average molecular weight is 318 g/mol. The molecule has 7 nitrogen and oxygen atoms in total. The lowest BCUT2D eigenvalue weighted by Gasteiger charge is -2.16. The molecule has 0 spiro atoms. The molecule has 0 aromatic heterocycles. The highest BCUT2D eigenvalue weighted by molar-refractivity contribution is 5.99. The van der Waals surface area contributed by atoms with Crippen molar-refractivity contribution in [3.8, 4) is 0 Å². The van der Waals surface area contributed by atoms with Crippen LogP contribution in [0.15, 0.2) is 30.0 Å². The number of hydrogen-bond acceptors (Lipinski definition) is 6. The summed E-state index contributed by atoms with van der Waals surface area (Å²) in [6.45, 7) is 2.14. The molecule has 1 amide bonds. The van der Waals surface area contributed by atoms with E-state index in [1.54, 1.807) is 17.0 Å². The quantitative estimate of drug-likeness (QED) is 0.664. The van der Waals surface area contributed by atoms with Crippen molar-refractivity contribution in [2.45, 2.75) is 13.3 Å². The minimum Gasteiger partial charge on any atom is -0.466 e. The van der Waals surface area contributed by atoms with E-state index < -0.39 is 11.9 Å². The van der Waals surface area contributed by atoms with Gasteiger partial charge in [0.25, 0.3) is 0 Å². The lowest BCUT2D eigenvalue weighted by molar-refractivity contribution is -0.138. The summed E-state index contributed by atoms with van der Waals surface area (Å²) < 4.78 is 9.16. The normalized spacial score (nSPS) is 13.3. The minimum absolute atomic E-state index is 0.0424. The van der Waals surface area contributed by atoms with E-state index in [4.69, 9.17) is 0 Å². The molecule has 0 bridgehead atoms. The molecule has 0 saturated heterocycles. The lowest BCUT2D eigenvalue weighted by atomic mass is 10.1. The van der Waals surface area contributed by atoms with E-state index in [0.717, 1.165) is 23.7 Å². The Kier molecular flexibility index (Phi) is 5.00. The summed E-state index contributed by atoms with van der Waals surface area (Å²) in [5.74, 6) is -1.41. The summed E-state index contributed by atoms with van der Waals surface area (Å²) in [6.07, 6.45) is 1.80. The van der Waals surface area contributed by atoms with Gasteiger partial charge in [-0.1, -0.05) is 6.07 Å². The molecule has 1 aromatic carbocycles. The Bertz CT molecular complexity index is 681. The van der Waals surface area contributed by atoms with E-state index >= 15 is 0 Å². The number of carbonyl (C=O) groups excluding carboxylic acids is 3. The molecule has 0 fully saturated rings. The monoisotopic (exact) mass is 318 g/mol. The SMILES string of the molecule is COC(=O)/C=C(/Nc1ccc2c(c1)N(C(C)=O)CC2)C(=O)OC. The van der Waals surface area contributed by atoms with Gasteiger partial charge in [0.15, 0.2) is 0 Å². The van der Waals surface area contributed by atoms with Crippen molar-refractivity contribution in [2.24, 2.45) is 0 Å². The van der Waals surface area contributed by atoms with Gasteiger partial charge in [0.05, 0.1) is 20.3 Å². The fourth-order valence-electron chi connectivity index (χ4n) is 2.37. The maximum Gasteiger partial charge on any atom is 0.354 e. The highest BCUT2D eigenvalue weighted by Gasteiger charge is 2.23. The summed E-state index contributed by atoms with van der Waals surface area (Å²) in [5.41, 5.74) is 2.37. The molecule has 1 aromatic rings. The minimum atomic E-state index is -0.695. The summed E-state index contributed by atoms with van der Waals surface area (Å²) >= 11 is 0. The first-order valence-corrected chi connectivity index (χ1v) is 7.02. The van der Waals surface area contributed by atoms with E-state index in [9.17, 15) is 14.4 Å². The number of carbonyl (C=O) groups is 3. The Balaban J connectivity index is 2.30. The number of esters is 2. The average Bonchev–Trinajstić information content (AvgIpc) is 2.96. The molecule has 23 heavy (non-hydrogen) atoms. The number of nitrogens with zero attached hydrogens (tertiary/aromatic N) is 1. The van der Waals surface area contributed by atoms with Crippen LogP contribution in [0.1, 0.15) is 12.5 Å². The molecule has 0 atom stereocenters. The predicted molar refractivity (Wildman–Crippen MR) is 83.9 cm³/mol. The molecule has 1 aliphatic heterocycles. The molecule has 0 aliphatic carbocycles. The summed E-state index contributed by atoms with van der Waals surface area (Å²) in [5, 5.41) is 2.83. The third-order valence-electron chi connectivity index (χ3n) is 3.51. The zero-order valence-corrected chi connectivity index (χ0v) is 13.2. The molecule has 1 heterocycles. The Morgan fingerprint density at radius 3 is 2.57 bits per heavy atom. The largest absolute Gasteiger partial charge is 0.466 e. The van der Waals surface area contributed by atoms with Crippen molar-refractivity contribution in [3.05, 3.63) is 35.5 Å². The number of rotatable bonds is 4. The number of amides is 1. The first kappa shape index (κ1) is 16.5. The predicted octanol–water partition coefficient (Wildman–Crippen LogP) is 1.24. The van der Waals surface area contributed by atoms with Gasteiger partial charge in [0.2, 0.25) is 5.91 Å². The van der Waals surface area contributed by atoms with Crippen molar-refractivity contribution in [2.75, 3.05) is 31.0 Å². The van der Waals surface area contributed by atoms with Gasteiger partial charge in [-0.15, -0.1) is 0 Å². The second kappa shape index (κ2) is 6.95. The van der Waals surface area contributed by atoms with Crippen LogP contribution in [0, 0.1) is 0 Å². The molecule has 1 aliphatic rings. The molecule has 0 unspecified atom stereocenters. The maximum atomic E-state index is 11.7. The molecular formula is C16H18N2O5. The highest BCUT2D eigenvalue weighted by Crippen LogP contribution is 2.31. The second-order valence-electron chi connectivity index (χ2n) is 4.96. The van der Waals surface area contributed by atoms with Crippen molar-refractivity contribution >= 4 is 29.2 Å². The van der Waals surface area contributed by atoms with Crippen molar-refractivity contribution in [1.82, 2.24) is 0 Å². The van der Waals surface area contributed by atoms with Crippen LogP contribution in [0.25, 0.3) is 0 Å². The van der Waals surface area contributed by atoms with Crippen LogP contribution in [-0.2, 0) is 30.3 Å². The maximum absolute atomic E-state index is 11.7. The number of methoxy groups -OCH3 is 2. The van der Waals surface area contributed by atoms with Gasteiger partial charge in [0.1, 0.15) is 5.70 Å². The fourth-order valence-corrected chi connectivity index (χ4v) is 2.37. The van der Waals surface area contributed by atoms with E-state index in [2.05, 4.69) is 14.8 Å². The number of benzene rings is 1. The zero-order chi connectivity index (χ0) is 17.0. The topological polar surface area (TPSA) is 84.9 Å². The first-order valence-electron chi connectivity index (χ1n) is 7.02. The third-order valence-corrected chi connectivity index (χ3v) is 3.51. The molecule has 122 valence electrons. The van der Waals surface area contributed by atoms with Crippen molar-refractivity contribution in [3.63, 3.8) is 0 Å². The number of ether oxygens (including phenoxy) is 2. The van der Waals surface area contributed by atoms with E-state index in [-0.39, 0.29) is 11.6 Å². The van der Waals surface area contributed by atoms with E-state index in [1.165, 1.54) is 21.1 Å². The van der Waals surface area contributed by atoms with Crippen LogP contribution < -0.4 is 10.2 Å². The lowest BCUT2D eigenvalue weighted by Crippen LogP contribution is -2.25. The molecule has 1 N–H and O–H groups in total. The Morgan fingerprint density at radius 2 is 1.96 bits per heavy atom. The Hall–Kier alpha value is -2.83. The number of nitrogens with one attached hydrogen (secondary N) is 1. The smallest absolute Gasteiger partial charge is 0.354 e. The third kappa shape index (κ3) is 3.68. The first-order chi connectivity index (χ1) is 11.0.